The molecule has 1 aliphatic carbocycles. The minimum atomic E-state index is -4.60. The first-order valence-corrected chi connectivity index (χ1v) is 10.7. The highest BCUT2D eigenvalue weighted by molar-refractivity contribution is 7.17. The highest BCUT2D eigenvalue weighted by atomic mass is 32.1. The van der Waals surface area contributed by atoms with Crippen LogP contribution < -0.4 is 5.32 Å². The third-order valence-electron chi connectivity index (χ3n) is 4.99. The number of aromatic nitrogens is 1. The number of halogens is 3. The Morgan fingerprint density at radius 1 is 1.17 bits per heavy atom. The van der Waals surface area contributed by atoms with Crippen molar-refractivity contribution in [1.82, 2.24) is 4.98 Å². The molecule has 1 saturated carbocycles. The van der Waals surface area contributed by atoms with Crippen LogP contribution in [0.5, 0.6) is 0 Å². The van der Waals surface area contributed by atoms with Gasteiger partial charge in [0.15, 0.2) is 5.13 Å². The van der Waals surface area contributed by atoms with E-state index in [4.69, 9.17) is 4.74 Å². The van der Waals surface area contributed by atoms with Crippen LogP contribution in [0.4, 0.5) is 18.3 Å². The van der Waals surface area contributed by atoms with Crippen molar-refractivity contribution in [3.8, 4) is 0 Å². The van der Waals surface area contributed by atoms with E-state index < -0.39 is 23.1 Å². The molecule has 0 unspecified atom stereocenters. The molecule has 5 nitrogen and oxygen atoms in total. The van der Waals surface area contributed by atoms with E-state index in [2.05, 4.69) is 10.3 Å². The summed E-state index contributed by atoms with van der Waals surface area (Å²) in [6.45, 7) is 0.761. The predicted molar refractivity (Wildman–Crippen MR) is 108 cm³/mol. The zero-order valence-corrected chi connectivity index (χ0v) is 17.2. The first-order chi connectivity index (χ1) is 14.4. The number of esters is 1. The van der Waals surface area contributed by atoms with Crippen molar-refractivity contribution in [2.45, 2.75) is 44.7 Å². The van der Waals surface area contributed by atoms with Crippen LogP contribution in [0.3, 0.4) is 0 Å². The van der Waals surface area contributed by atoms with Gasteiger partial charge in [-0.05, 0) is 25.3 Å². The minimum Gasteiger partial charge on any atom is -0.465 e. The molecule has 1 aliphatic rings. The second kappa shape index (κ2) is 10.1. The lowest BCUT2D eigenvalue weighted by Gasteiger charge is -2.19. The molecule has 0 bridgehead atoms. The molecule has 1 aromatic heterocycles. The summed E-state index contributed by atoms with van der Waals surface area (Å²) in [5.41, 5.74) is -1.35. The summed E-state index contributed by atoms with van der Waals surface area (Å²) in [7, 11) is 0. The number of anilines is 1. The van der Waals surface area contributed by atoms with Gasteiger partial charge in [-0.25, -0.2) is 4.98 Å². The van der Waals surface area contributed by atoms with Crippen molar-refractivity contribution in [2.75, 3.05) is 18.5 Å². The van der Waals surface area contributed by atoms with Crippen molar-refractivity contribution >= 4 is 28.2 Å². The van der Waals surface area contributed by atoms with Crippen LogP contribution in [0.25, 0.3) is 0 Å². The second-order valence-corrected chi connectivity index (χ2v) is 8.22. The van der Waals surface area contributed by atoms with Crippen molar-refractivity contribution in [3.63, 3.8) is 0 Å². The Morgan fingerprint density at radius 2 is 1.90 bits per heavy atom. The molecule has 0 aliphatic heterocycles. The summed E-state index contributed by atoms with van der Waals surface area (Å²) in [5.74, 6) is -0.839. The van der Waals surface area contributed by atoms with E-state index in [1.807, 2.05) is 0 Å². The average Bonchev–Trinajstić information content (AvgIpc) is 3.22. The number of nitrogens with zero attached hydrogens (tertiary/aromatic N) is 1. The number of hydrogen-bond donors (Lipinski definition) is 1. The van der Waals surface area contributed by atoms with Gasteiger partial charge >= 0.3 is 12.1 Å². The van der Waals surface area contributed by atoms with Crippen molar-refractivity contribution in [1.29, 1.82) is 0 Å². The number of rotatable bonds is 8. The number of carbonyl (C=O) groups is 2. The van der Waals surface area contributed by atoms with Crippen molar-refractivity contribution in [2.24, 2.45) is 5.92 Å². The second-order valence-electron chi connectivity index (χ2n) is 7.18. The molecular formula is C21H23F3N2O3S. The number of benzene rings is 1. The Hall–Kier alpha value is -2.42. The van der Waals surface area contributed by atoms with Crippen LogP contribution >= 0.6 is 11.3 Å². The molecule has 0 atom stereocenters. The van der Waals surface area contributed by atoms with E-state index in [0.29, 0.717) is 24.7 Å². The number of ether oxygens (including phenoxy) is 1. The number of carbonyl (C=O) groups excluding carboxylic acids is 2. The van der Waals surface area contributed by atoms with Gasteiger partial charge in [0.1, 0.15) is 0 Å². The summed E-state index contributed by atoms with van der Waals surface area (Å²) < 4.78 is 44.7. The van der Waals surface area contributed by atoms with Crippen LogP contribution in [-0.4, -0.2) is 29.9 Å². The zero-order chi connectivity index (χ0) is 21.6. The summed E-state index contributed by atoms with van der Waals surface area (Å²) in [4.78, 5) is 28.7. The Morgan fingerprint density at radius 3 is 2.63 bits per heavy atom. The number of hydrogen-bond acceptors (Lipinski definition) is 6. The third-order valence-corrected chi connectivity index (χ3v) is 5.94. The highest BCUT2D eigenvalue weighted by Crippen LogP contribution is 2.33. The maximum Gasteiger partial charge on any atom is 0.417 e. The molecule has 1 N–H and O–H groups in total. The molecule has 1 heterocycles. The van der Waals surface area contributed by atoms with Gasteiger partial charge in [-0.2, -0.15) is 13.2 Å². The first-order valence-electron chi connectivity index (χ1n) is 9.93. The van der Waals surface area contributed by atoms with Gasteiger partial charge in [0.25, 0.3) is 0 Å². The molecule has 1 aromatic carbocycles. The van der Waals surface area contributed by atoms with Gasteiger partial charge in [-0.3, -0.25) is 9.59 Å². The van der Waals surface area contributed by atoms with E-state index in [9.17, 15) is 22.8 Å². The molecule has 2 aromatic rings. The van der Waals surface area contributed by atoms with Gasteiger partial charge in [-0.15, -0.1) is 0 Å². The molecule has 3 rings (SSSR count). The van der Waals surface area contributed by atoms with E-state index in [1.54, 1.807) is 0 Å². The molecule has 0 spiro atoms. The number of nitrogens with one attached hydrogen (secondary N) is 1. The van der Waals surface area contributed by atoms with E-state index in [0.717, 1.165) is 43.1 Å². The van der Waals surface area contributed by atoms with Crippen LogP contribution in [0, 0.1) is 5.92 Å². The molecule has 9 heteroatoms. The van der Waals surface area contributed by atoms with Crippen LogP contribution in [0.15, 0.2) is 30.5 Å². The lowest BCUT2D eigenvalue weighted by Crippen LogP contribution is -2.21. The molecule has 0 saturated heterocycles. The smallest absolute Gasteiger partial charge is 0.417 e. The number of thiazole rings is 1. The quantitative estimate of drug-likeness (QED) is 0.342. The van der Waals surface area contributed by atoms with Crippen LogP contribution in [-0.2, 0) is 15.7 Å². The zero-order valence-electron chi connectivity index (χ0n) is 16.3. The molecule has 1 fully saturated rings. The normalized spacial score (nSPS) is 15.0. The van der Waals surface area contributed by atoms with Crippen LogP contribution in [0.1, 0.15) is 59.3 Å². The van der Waals surface area contributed by atoms with Gasteiger partial charge < -0.3 is 10.1 Å². The summed E-state index contributed by atoms with van der Waals surface area (Å²) >= 11 is 0.995. The van der Waals surface area contributed by atoms with Crippen molar-refractivity contribution < 1.29 is 27.5 Å². The van der Waals surface area contributed by atoms with Gasteiger partial charge in [0.05, 0.1) is 29.2 Å². The molecule has 162 valence electrons. The predicted octanol–water partition coefficient (Wildman–Crippen LogP) is 5.32. The van der Waals surface area contributed by atoms with E-state index in [1.165, 1.54) is 30.8 Å². The molecule has 0 amide bonds. The number of ketones is 1. The monoisotopic (exact) mass is 440 g/mol. The summed E-state index contributed by atoms with van der Waals surface area (Å²) in [6.07, 6.45) is 2.33. The Kier molecular flexibility index (Phi) is 7.47. The minimum absolute atomic E-state index is 0.0128. The van der Waals surface area contributed by atoms with E-state index in [-0.39, 0.29) is 16.8 Å². The van der Waals surface area contributed by atoms with Gasteiger partial charge in [0.2, 0.25) is 5.78 Å². The Balaban J connectivity index is 1.47. The third kappa shape index (κ3) is 5.81. The van der Waals surface area contributed by atoms with E-state index >= 15 is 0 Å². The topological polar surface area (TPSA) is 68.3 Å². The Bertz CT molecular complexity index is 876. The molecule has 30 heavy (non-hydrogen) atoms. The lowest BCUT2D eigenvalue weighted by atomic mass is 9.89. The number of alkyl halides is 3. The fourth-order valence-corrected chi connectivity index (χ4v) is 4.21. The van der Waals surface area contributed by atoms with Crippen molar-refractivity contribution in [3.05, 3.63) is 46.5 Å². The fourth-order valence-electron chi connectivity index (χ4n) is 3.42. The lowest BCUT2D eigenvalue weighted by molar-refractivity contribution is -0.149. The summed E-state index contributed by atoms with van der Waals surface area (Å²) in [5, 5.41) is 3.44. The molecule has 0 radical (unpaired) electrons. The largest absolute Gasteiger partial charge is 0.465 e. The summed E-state index contributed by atoms with van der Waals surface area (Å²) in [6, 6.07) is 4.71. The Labute approximate surface area is 176 Å². The first kappa shape index (κ1) is 22.3. The maximum absolute atomic E-state index is 13.1. The highest BCUT2D eigenvalue weighted by Gasteiger charge is 2.35. The SMILES string of the molecule is O=C(c1cnc(NCCCOC(=O)C2CCCCC2)s1)c1ccccc1C(F)(F)F. The standard InChI is InChI=1S/C21H23F3N2O3S/c22-21(23,24)16-10-5-4-9-15(16)18(27)17-13-26-20(30-17)25-11-6-12-29-19(28)14-7-2-1-3-8-14/h4-5,9-10,13-14H,1-3,6-8,11-12H2,(H,25,26). The maximum atomic E-state index is 13.1. The van der Waals surface area contributed by atoms with Crippen LogP contribution in [0.2, 0.25) is 0 Å². The fraction of sp³-hybridized carbons (Fsp3) is 0.476. The average molecular weight is 440 g/mol. The van der Waals surface area contributed by atoms with Gasteiger partial charge in [0, 0.05) is 12.1 Å². The molecular weight excluding hydrogens is 417 g/mol. The van der Waals surface area contributed by atoms with Gasteiger partial charge in [-0.1, -0.05) is 48.8 Å².